The molecule has 2 N–H and O–H groups in total. The SMILES string of the molecule is CCOC(=O)Cn1c(=O)cc(N)n1S(=O)(=O)c1ccc(C)cc1. The van der Waals surface area contributed by atoms with Crippen LogP contribution in [0.5, 0.6) is 0 Å². The molecule has 0 bridgehead atoms. The number of benzene rings is 1. The molecule has 23 heavy (non-hydrogen) atoms. The van der Waals surface area contributed by atoms with Gasteiger partial charge in [-0.3, -0.25) is 9.59 Å². The number of carbonyl (C=O) groups excluding carboxylic acids is 1. The largest absolute Gasteiger partial charge is 0.465 e. The van der Waals surface area contributed by atoms with Gasteiger partial charge in [0.1, 0.15) is 12.4 Å². The number of hydrogen-bond donors (Lipinski definition) is 1. The summed E-state index contributed by atoms with van der Waals surface area (Å²) in [6.07, 6.45) is 0. The monoisotopic (exact) mass is 339 g/mol. The summed E-state index contributed by atoms with van der Waals surface area (Å²) in [6, 6.07) is 7.01. The zero-order valence-corrected chi connectivity index (χ0v) is 13.5. The molecular formula is C14H17N3O5S. The Hall–Kier alpha value is -2.55. The highest BCUT2D eigenvalue weighted by molar-refractivity contribution is 7.90. The molecule has 0 fully saturated rings. The van der Waals surface area contributed by atoms with E-state index in [1.165, 1.54) is 12.1 Å². The predicted molar refractivity (Wildman–Crippen MR) is 83.5 cm³/mol. The van der Waals surface area contributed by atoms with Gasteiger partial charge in [0.15, 0.2) is 0 Å². The smallest absolute Gasteiger partial charge is 0.327 e. The number of aryl methyl sites for hydroxylation is 1. The number of hydrogen-bond acceptors (Lipinski definition) is 6. The van der Waals surface area contributed by atoms with Crippen molar-refractivity contribution >= 4 is 21.8 Å². The minimum Gasteiger partial charge on any atom is -0.465 e. The first kappa shape index (κ1) is 16.8. The molecule has 2 aromatic rings. The lowest BCUT2D eigenvalue weighted by Gasteiger charge is -2.13. The number of nitrogen functional groups attached to an aromatic ring is 1. The molecule has 0 radical (unpaired) electrons. The molecule has 8 nitrogen and oxygen atoms in total. The molecule has 1 heterocycles. The van der Waals surface area contributed by atoms with Crippen LogP contribution < -0.4 is 11.3 Å². The van der Waals surface area contributed by atoms with Crippen LogP contribution in [0.3, 0.4) is 0 Å². The zero-order valence-electron chi connectivity index (χ0n) is 12.7. The maximum absolute atomic E-state index is 12.7. The third-order valence-electron chi connectivity index (χ3n) is 3.10. The van der Waals surface area contributed by atoms with Gasteiger partial charge in [-0.05, 0) is 26.0 Å². The molecule has 124 valence electrons. The Morgan fingerprint density at radius 2 is 1.87 bits per heavy atom. The lowest BCUT2D eigenvalue weighted by atomic mass is 10.2. The molecule has 0 aliphatic heterocycles. The van der Waals surface area contributed by atoms with E-state index in [0.717, 1.165) is 16.3 Å². The molecular weight excluding hydrogens is 322 g/mol. The average molecular weight is 339 g/mol. The van der Waals surface area contributed by atoms with Crippen LogP contribution in [0.4, 0.5) is 5.82 Å². The third kappa shape index (κ3) is 3.29. The number of rotatable bonds is 5. The first-order valence-electron chi connectivity index (χ1n) is 6.83. The van der Waals surface area contributed by atoms with Crippen LogP contribution in [0.25, 0.3) is 0 Å². The fourth-order valence-electron chi connectivity index (χ4n) is 2.03. The van der Waals surface area contributed by atoms with E-state index in [2.05, 4.69) is 0 Å². The van der Waals surface area contributed by atoms with Crippen molar-refractivity contribution in [3.63, 3.8) is 0 Å². The van der Waals surface area contributed by atoms with Crippen molar-refractivity contribution in [2.45, 2.75) is 25.3 Å². The van der Waals surface area contributed by atoms with Crippen LogP contribution in [0.1, 0.15) is 12.5 Å². The zero-order chi connectivity index (χ0) is 17.2. The Labute approximate surface area is 133 Å². The Morgan fingerprint density at radius 1 is 1.26 bits per heavy atom. The summed E-state index contributed by atoms with van der Waals surface area (Å²) in [5, 5.41) is 0. The van der Waals surface area contributed by atoms with Crippen LogP contribution in [0, 0.1) is 6.92 Å². The standard InChI is InChI=1S/C14H17N3O5S/c1-3-22-14(19)9-16-13(18)8-12(15)17(16)23(20,21)11-6-4-10(2)5-7-11/h4-8H,3,9,15H2,1-2H3. The summed E-state index contributed by atoms with van der Waals surface area (Å²) in [7, 11) is -4.11. The van der Waals surface area contributed by atoms with Gasteiger partial charge in [0.25, 0.3) is 15.6 Å². The fraction of sp³-hybridized carbons (Fsp3) is 0.286. The molecule has 0 atom stereocenters. The number of aromatic nitrogens is 2. The highest BCUT2D eigenvalue weighted by Gasteiger charge is 2.25. The van der Waals surface area contributed by atoms with Crippen molar-refractivity contribution in [3.05, 3.63) is 46.2 Å². The molecule has 0 saturated carbocycles. The van der Waals surface area contributed by atoms with Crippen molar-refractivity contribution in [2.24, 2.45) is 0 Å². The molecule has 0 spiro atoms. The average Bonchev–Trinajstić information content (AvgIpc) is 2.74. The minimum absolute atomic E-state index is 0.0389. The normalized spacial score (nSPS) is 11.4. The summed E-state index contributed by atoms with van der Waals surface area (Å²) < 4.78 is 31.5. The molecule has 1 aromatic heterocycles. The van der Waals surface area contributed by atoms with Crippen LogP contribution >= 0.6 is 0 Å². The fourth-order valence-corrected chi connectivity index (χ4v) is 3.44. The number of carbonyl (C=O) groups is 1. The number of nitrogens with two attached hydrogens (primary N) is 1. The van der Waals surface area contributed by atoms with E-state index in [1.54, 1.807) is 19.1 Å². The van der Waals surface area contributed by atoms with Crippen molar-refractivity contribution in [1.29, 1.82) is 0 Å². The number of esters is 1. The van der Waals surface area contributed by atoms with E-state index in [1.807, 2.05) is 6.92 Å². The minimum atomic E-state index is -4.11. The summed E-state index contributed by atoms with van der Waals surface area (Å²) in [5.74, 6) is -1.01. The first-order chi connectivity index (χ1) is 10.8. The Kier molecular flexibility index (Phi) is 4.60. The van der Waals surface area contributed by atoms with E-state index in [0.29, 0.717) is 4.09 Å². The Balaban J connectivity index is 2.56. The predicted octanol–water partition coefficient (Wildman–Crippen LogP) is 0.341. The van der Waals surface area contributed by atoms with Crippen molar-refractivity contribution in [2.75, 3.05) is 12.3 Å². The second-order valence-corrected chi connectivity index (χ2v) is 6.60. The van der Waals surface area contributed by atoms with Gasteiger partial charge in [-0.15, -0.1) is 0 Å². The second-order valence-electron chi connectivity index (χ2n) is 4.83. The molecule has 0 amide bonds. The summed E-state index contributed by atoms with van der Waals surface area (Å²) in [5.41, 5.74) is 5.84. The van der Waals surface area contributed by atoms with Crippen LogP contribution in [0.15, 0.2) is 40.0 Å². The van der Waals surface area contributed by atoms with E-state index >= 15 is 0 Å². The summed E-state index contributed by atoms with van der Waals surface area (Å²) in [4.78, 5) is 23.5. The van der Waals surface area contributed by atoms with E-state index < -0.39 is 28.1 Å². The van der Waals surface area contributed by atoms with Gasteiger partial charge in [0.2, 0.25) is 0 Å². The van der Waals surface area contributed by atoms with Crippen molar-refractivity contribution < 1.29 is 17.9 Å². The molecule has 9 heteroatoms. The molecule has 0 aliphatic carbocycles. The topological polar surface area (TPSA) is 113 Å². The number of ether oxygens (including phenoxy) is 1. The molecule has 1 aromatic carbocycles. The van der Waals surface area contributed by atoms with Gasteiger partial charge in [-0.1, -0.05) is 17.7 Å². The third-order valence-corrected chi connectivity index (χ3v) is 4.83. The molecule has 0 aliphatic rings. The van der Waals surface area contributed by atoms with Gasteiger partial charge >= 0.3 is 5.97 Å². The van der Waals surface area contributed by atoms with E-state index in [-0.39, 0.29) is 17.3 Å². The van der Waals surface area contributed by atoms with Crippen molar-refractivity contribution in [1.82, 2.24) is 8.77 Å². The Bertz CT molecular complexity index is 878. The molecule has 2 rings (SSSR count). The number of nitrogens with zero attached hydrogens (tertiary/aromatic N) is 2. The van der Waals surface area contributed by atoms with Crippen LogP contribution in [-0.2, 0) is 26.1 Å². The van der Waals surface area contributed by atoms with Crippen LogP contribution in [0.2, 0.25) is 0 Å². The second kappa shape index (κ2) is 6.29. The van der Waals surface area contributed by atoms with E-state index in [4.69, 9.17) is 10.5 Å². The lowest BCUT2D eigenvalue weighted by molar-refractivity contribution is -0.144. The Morgan fingerprint density at radius 3 is 2.43 bits per heavy atom. The quantitative estimate of drug-likeness (QED) is 0.786. The van der Waals surface area contributed by atoms with E-state index in [9.17, 15) is 18.0 Å². The van der Waals surface area contributed by atoms with Gasteiger partial charge < -0.3 is 10.5 Å². The van der Waals surface area contributed by atoms with Gasteiger partial charge in [0, 0.05) is 6.07 Å². The molecule has 0 saturated heterocycles. The highest BCUT2D eigenvalue weighted by Crippen LogP contribution is 2.17. The highest BCUT2D eigenvalue weighted by atomic mass is 32.2. The van der Waals surface area contributed by atoms with Crippen LogP contribution in [-0.4, -0.2) is 29.8 Å². The number of anilines is 1. The first-order valence-corrected chi connectivity index (χ1v) is 8.27. The molecule has 0 unspecified atom stereocenters. The summed E-state index contributed by atoms with van der Waals surface area (Å²) in [6.45, 7) is 3.00. The lowest BCUT2D eigenvalue weighted by Crippen LogP contribution is -2.32. The maximum Gasteiger partial charge on any atom is 0.327 e. The van der Waals surface area contributed by atoms with Gasteiger partial charge in [-0.2, -0.15) is 12.5 Å². The van der Waals surface area contributed by atoms with Crippen molar-refractivity contribution in [3.8, 4) is 0 Å². The summed E-state index contributed by atoms with van der Waals surface area (Å²) >= 11 is 0. The maximum atomic E-state index is 12.7. The van der Waals surface area contributed by atoms with Gasteiger partial charge in [0.05, 0.1) is 11.5 Å². The van der Waals surface area contributed by atoms with Gasteiger partial charge in [-0.25, -0.2) is 4.68 Å².